The van der Waals surface area contributed by atoms with Crippen molar-refractivity contribution < 1.29 is 0 Å². The predicted octanol–water partition coefficient (Wildman–Crippen LogP) is 11.6. The van der Waals surface area contributed by atoms with Crippen LogP contribution in [0.2, 0.25) is 0 Å². The Morgan fingerprint density at radius 1 is 0.380 bits per heavy atom. The van der Waals surface area contributed by atoms with Crippen LogP contribution in [0.4, 0.5) is 0 Å². The standard InChI is InChI=1S/C46H30N4/c1-29-19-23-31(24-20-29)43-37(27-47)38(28-48)44(32-25-21-30(2)22-26-32)46(50-41-17-9-5-13-35(41)36-14-6-10-18-42(36)50)45(43)49-39-15-7-3-11-33(39)34-12-4-8-16-40(34)49/h3-26H,1-2H3. The lowest BCUT2D eigenvalue weighted by molar-refractivity contribution is 1.09. The molecule has 9 aromatic rings. The van der Waals surface area contributed by atoms with Gasteiger partial charge in [-0.2, -0.15) is 10.5 Å². The molecule has 2 heterocycles. The molecule has 0 saturated carbocycles. The van der Waals surface area contributed by atoms with Crippen LogP contribution in [0, 0.1) is 36.5 Å². The first kappa shape index (κ1) is 29.3. The van der Waals surface area contributed by atoms with Crippen molar-refractivity contribution in [3.8, 4) is 45.8 Å². The van der Waals surface area contributed by atoms with Gasteiger partial charge in [0, 0.05) is 32.7 Å². The molecule has 0 saturated heterocycles. The smallest absolute Gasteiger partial charge is 0.101 e. The van der Waals surface area contributed by atoms with Gasteiger partial charge >= 0.3 is 0 Å². The van der Waals surface area contributed by atoms with E-state index in [0.29, 0.717) is 11.1 Å². The van der Waals surface area contributed by atoms with Crippen molar-refractivity contribution in [3.05, 3.63) is 168 Å². The van der Waals surface area contributed by atoms with Crippen molar-refractivity contribution in [2.24, 2.45) is 0 Å². The molecule has 0 bridgehead atoms. The minimum Gasteiger partial charge on any atom is -0.307 e. The molecule has 0 unspecified atom stereocenters. The van der Waals surface area contributed by atoms with Gasteiger partial charge in [-0.05, 0) is 49.2 Å². The zero-order chi connectivity index (χ0) is 33.9. The van der Waals surface area contributed by atoms with Gasteiger partial charge in [-0.1, -0.05) is 132 Å². The van der Waals surface area contributed by atoms with Gasteiger partial charge in [-0.25, -0.2) is 0 Å². The number of fused-ring (bicyclic) bond motifs is 6. The van der Waals surface area contributed by atoms with E-state index in [-0.39, 0.29) is 0 Å². The van der Waals surface area contributed by atoms with Crippen LogP contribution in [0.1, 0.15) is 22.3 Å². The second kappa shape index (κ2) is 11.4. The predicted molar refractivity (Wildman–Crippen MR) is 205 cm³/mol. The topological polar surface area (TPSA) is 57.4 Å². The summed E-state index contributed by atoms with van der Waals surface area (Å²) in [5.74, 6) is 0. The lowest BCUT2D eigenvalue weighted by Crippen LogP contribution is -2.11. The van der Waals surface area contributed by atoms with Gasteiger partial charge in [-0.3, -0.25) is 0 Å². The molecule has 0 amide bonds. The summed E-state index contributed by atoms with van der Waals surface area (Å²) >= 11 is 0. The largest absolute Gasteiger partial charge is 0.307 e. The molecule has 0 atom stereocenters. The number of hydrogen-bond donors (Lipinski definition) is 0. The molecule has 7 aromatic carbocycles. The highest BCUT2D eigenvalue weighted by Crippen LogP contribution is 2.49. The van der Waals surface area contributed by atoms with E-state index < -0.39 is 0 Å². The third-order valence-electron chi connectivity index (χ3n) is 9.96. The third kappa shape index (κ3) is 4.23. The molecule has 0 radical (unpaired) electrons. The van der Waals surface area contributed by atoms with Crippen molar-refractivity contribution in [3.63, 3.8) is 0 Å². The third-order valence-corrected chi connectivity index (χ3v) is 9.96. The highest BCUT2D eigenvalue weighted by molar-refractivity contribution is 6.14. The summed E-state index contributed by atoms with van der Waals surface area (Å²) in [7, 11) is 0. The number of nitriles is 2. The van der Waals surface area contributed by atoms with E-state index in [1.54, 1.807) is 0 Å². The fourth-order valence-electron chi connectivity index (χ4n) is 7.71. The zero-order valence-electron chi connectivity index (χ0n) is 27.6. The van der Waals surface area contributed by atoms with E-state index in [1.807, 2.05) is 0 Å². The molecule has 0 spiro atoms. The van der Waals surface area contributed by atoms with E-state index in [2.05, 4.69) is 181 Å². The van der Waals surface area contributed by atoms with E-state index in [0.717, 1.165) is 88.4 Å². The summed E-state index contributed by atoms with van der Waals surface area (Å²) in [6.45, 7) is 4.13. The molecule has 0 aliphatic rings. The maximum absolute atomic E-state index is 11.2. The van der Waals surface area contributed by atoms with Crippen LogP contribution >= 0.6 is 0 Å². The Hall–Kier alpha value is -6.88. The second-order valence-corrected chi connectivity index (χ2v) is 12.9. The first-order valence-corrected chi connectivity index (χ1v) is 16.7. The van der Waals surface area contributed by atoms with Crippen molar-refractivity contribution in [2.45, 2.75) is 13.8 Å². The average Bonchev–Trinajstić information content (AvgIpc) is 3.67. The number of aryl methyl sites for hydroxylation is 2. The summed E-state index contributed by atoms with van der Waals surface area (Å²) in [5, 5.41) is 26.8. The number of aromatic nitrogens is 2. The summed E-state index contributed by atoms with van der Waals surface area (Å²) in [4.78, 5) is 0. The van der Waals surface area contributed by atoms with Crippen molar-refractivity contribution in [1.29, 1.82) is 10.5 Å². The molecule has 50 heavy (non-hydrogen) atoms. The highest BCUT2D eigenvalue weighted by atomic mass is 15.1. The lowest BCUT2D eigenvalue weighted by atomic mass is 9.86. The number of rotatable bonds is 4. The molecule has 2 aromatic heterocycles. The number of para-hydroxylation sites is 4. The fraction of sp³-hybridized carbons (Fsp3) is 0.0435. The van der Waals surface area contributed by atoms with Gasteiger partial charge in [0.1, 0.15) is 12.1 Å². The highest BCUT2D eigenvalue weighted by Gasteiger charge is 2.31. The number of hydrogen-bond acceptors (Lipinski definition) is 2. The molecular formula is C46H30N4. The van der Waals surface area contributed by atoms with E-state index in [9.17, 15) is 10.5 Å². The van der Waals surface area contributed by atoms with Crippen molar-refractivity contribution in [2.75, 3.05) is 0 Å². The molecule has 4 heteroatoms. The summed E-state index contributed by atoms with van der Waals surface area (Å²) in [6.07, 6.45) is 0. The molecular weight excluding hydrogens is 609 g/mol. The molecule has 9 rings (SSSR count). The Balaban J connectivity index is 1.65. The van der Waals surface area contributed by atoms with Crippen LogP contribution < -0.4 is 0 Å². The minimum absolute atomic E-state index is 0.355. The molecule has 0 aliphatic carbocycles. The summed E-state index contributed by atoms with van der Waals surface area (Å²) in [5.41, 5.74) is 11.9. The van der Waals surface area contributed by atoms with Gasteiger partial charge in [0.15, 0.2) is 0 Å². The van der Waals surface area contributed by atoms with Crippen LogP contribution in [0.15, 0.2) is 146 Å². The maximum Gasteiger partial charge on any atom is 0.101 e. The Morgan fingerprint density at radius 2 is 0.660 bits per heavy atom. The van der Waals surface area contributed by atoms with E-state index >= 15 is 0 Å². The quantitative estimate of drug-likeness (QED) is 0.193. The van der Waals surface area contributed by atoms with E-state index in [4.69, 9.17) is 0 Å². The van der Waals surface area contributed by atoms with Gasteiger partial charge in [0.2, 0.25) is 0 Å². The van der Waals surface area contributed by atoms with Gasteiger partial charge in [-0.15, -0.1) is 0 Å². The molecule has 0 fully saturated rings. The Morgan fingerprint density at radius 3 is 0.940 bits per heavy atom. The number of nitrogens with zero attached hydrogens (tertiary/aromatic N) is 4. The van der Waals surface area contributed by atoms with Gasteiger partial charge in [0.25, 0.3) is 0 Å². The molecule has 0 aliphatic heterocycles. The van der Waals surface area contributed by atoms with Crippen LogP contribution in [-0.2, 0) is 0 Å². The van der Waals surface area contributed by atoms with E-state index in [1.165, 1.54) is 0 Å². The van der Waals surface area contributed by atoms with Gasteiger partial charge in [0.05, 0.1) is 44.6 Å². The number of benzene rings is 7. The van der Waals surface area contributed by atoms with Crippen LogP contribution in [0.25, 0.3) is 77.2 Å². The monoisotopic (exact) mass is 638 g/mol. The van der Waals surface area contributed by atoms with Crippen LogP contribution in [-0.4, -0.2) is 9.13 Å². The van der Waals surface area contributed by atoms with Crippen molar-refractivity contribution >= 4 is 43.6 Å². The summed E-state index contributed by atoms with van der Waals surface area (Å²) < 4.78 is 4.64. The second-order valence-electron chi connectivity index (χ2n) is 12.9. The molecule has 4 nitrogen and oxygen atoms in total. The zero-order valence-corrected chi connectivity index (χ0v) is 27.6. The summed E-state index contributed by atoms with van der Waals surface area (Å²) in [6, 6.07) is 55.5. The minimum atomic E-state index is 0.355. The molecule has 234 valence electrons. The SMILES string of the molecule is Cc1ccc(-c2c(C#N)c(C#N)c(-c3ccc(C)cc3)c(-n3c4ccccc4c4ccccc43)c2-n2c3ccccc3c3ccccc32)cc1. The first-order valence-electron chi connectivity index (χ1n) is 16.7. The van der Waals surface area contributed by atoms with Crippen LogP contribution in [0.5, 0.6) is 0 Å². The van der Waals surface area contributed by atoms with Crippen LogP contribution in [0.3, 0.4) is 0 Å². The normalized spacial score (nSPS) is 11.4. The van der Waals surface area contributed by atoms with Gasteiger partial charge < -0.3 is 9.13 Å². The Kier molecular flexibility index (Phi) is 6.66. The fourth-order valence-corrected chi connectivity index (χ4v) is 7.71. The Labute approximate surface area is 289 Å². The first-order chi connectivity index (χ1) is 24.6. The maximum atomic E-state index is 11.2. The average molecular weight is 639 g/mol. The molecule has 0 N–H and O–H groups in total. The lowest BCUT2D eigenvalue weighted by Gasteiger charge is -2.26. The Bertz CT molecular complexity index is 2580. The van der Waals surface area contributed by atoms with Crippen molar-refractivity contribution in [1.82, 2.24) is 9.13 Å².